The van der Waals surface area contributed by atoms with Crippen LogP contribution in [0.3, 0.4) is 0 Å². The summed E-state index contributed by atoms with van der Waals surface area (Å²) < 4.78 is 40.9. The van der Waals surface area contributed by atoms with Crippen LogP contribution in [0, 0.1) is 0 Å². The second kappa shape index (κ2) is 9.32. The van der Waals surface area contributed by atoms with Crippen LogP contribution in [0.2, 0.25) is 0 Å². The Morgan fingerprint density at radius 3 is 2.32 bits per heavy atom. The van der Waals surface area contributed by atoms with E-state index in [1.54, 1.807) is 42.5 Å². The maximum absolute atomic E-state index is 12.4. The van der Waals surface area contributed by atoms with Gasteiger partial charge in [0.25, 0.3) is 0 Å². The van der Waals surface area contributed by atoms with Crippen molar-refractivity contribution in [3.05, 3.63) is 48.0 Å². The zero-order valence-corrected chi connectivity index (χ0v) is 17.1. The summed E-state index contributed by atoms with van der Waals surface area (Å²) in [6.45, 7) is -0.131. The lowest BCUT2D eigenvalue weighted by Crippen LogP contribution is -2.40. The van der Waals surface area contributed by atoms with E-state index in [1.165, 1.54) is 21.3 Å². The Morgan fingerprint density at radius 1 is 1.00 bits per heavy atom. The molecule has 0 fully saturated rings. The summed E-state index contributed by atoms with van der Waals surface area (Å²) in [6, 6.07) is 11.8. The average Bonchev–Trinajstić information content (AvgIpc) is 2.69. The summed E-state index contributed by atoms with van der Waals surface area (Å²) >= 11 is 0. The highest BCUT2D eigenvalue weighted by atomic mass is 32.2. The molecule has 1 amide bonds. The van der Waals surface area contributed by atoms with Crippen LogP contribution >= 0.6 is 0 Å². The molecule has 0 bridgehead atoms. The summed E-state index contributed by atoms with van der Waals surface area (Å²) in [4.78, 5) is 12.4. The van der Waals surface area contributed by atoms with Crippen LogP contribution in [0.25, 0.3) is 0 Å². The molecule has 0 radical (unpaired) electrons. The molecule has 2 rings (SSSR count). The molecule has 8 nitrogen and oxygen atoms in total. The monoisotopic (exact) mass is 408 g/mol. The maximum atomic E-state index is 12.4. The van der Waals surface area contributed by atoms with E-state index in [4.69, 9.17) is 14.2 Å². The van der Waals surface area contributed by atoms with Crippen molar-refractivity contribution in [2.45, 2.75) is 6.54 Å². The highest BCUT2D eigenvalue weighted by Crippen LogP contribution is 2.27. The SMILES string of the molecule is COc1cccc(N(CC(=O)NCc2ccc(OC)c(OC)c2)S(C)(=O)=O)c1. The van der Waals surface area contributed by atoms with E-state index < -0.39 is 15.9 Å². The largest absolute Gasteiger partial charge is 0.497 e. The standard InChI is InChI=1S/C19H24N2O6S/c1-25-16-7-5-6-15(11-16)21(28(4,23)24)13-19(22)20-12-14-8-9-17(26-2)18(10-14)27-3/h5-11H,12-13H2,1-4H3,(H,20,22). The third-order valence-electron chi connectivity index (χ3n) is 3.97. The Bertz CT molecular complexity index is 930. The van der Waals surface area contributed by atoms with Gasteiger partial charge in [0.1, 0.15) is 12.3 Å². The molecule has 2 aromatic rings. The number of hydrogen-bond donors (Lipinski definition) is 1. The molecule has 0 aliphatic heterocycles. The van der Waals surface area contributed by atoms with Crippen LogP contribution < -0.4 is 23.8 Å². The summed E-state index contributed by atoms with van der Waals surface area (Å²) in [5, 5.41) is 2.72. The summed E-state index contributed by atoms with van der Waals surface area (Å²) in [7, 11) is 0.891. The first-order valence-corrected chi connectivity index (χ1v) is 10.2. The van der Waals surface area contributed by atoms with Gasteiger partial charge in [-0.3, -0.25) is 9.10 Å². The van der Waals surface area contributed by atoms with Crippen molar-refractivity contribution in [2.24, 2.45) is 0 Å². The fraction of sp³-hybridized carbons (Fsp3) is 0.316. The molecule has 0 aliphatic rings. The lowest BCUT2D eigenvalue weighted by Gasteiger charge is -2.22. The predicted molar refractivity (Wildman–Crippen MR) is 107 cm³/mol. The van der Waals surface area contributed by atoms with Crippen molar-refractivity contribution in [1.82, 2.24) is 5.32 Å². The lowest BCUT2D eigenvalue weighted by atomic mass is 10.2. The number of benzene rings is 2. The molecule has 0 saturated heterocycles. The first-order chi connectivity index (χ1) is 13.3. The van der Waals surface area contributed by atoms with Crippen LogP contribution in [0.15, 0.2) is 42.5 Å². The zero-order chi connectivity index (χ0) is 20.7. The molecule has 1 N–H and O–H groups in total. The summed E-state index contributed by atoms with van der Waals surface area (Å²) in [5.41, 5.74) is 1.14. The van der Waals surface area contributed by atoms with Crippen molar-refractivity contribution in [2.75, 3.05) is 38.4 Å². The van der Waals surface area contributed by atoms with Crippen molar-refractivity contribution in [3.8, 4) is 17.2 Å². The minimum atomic E-state index is -3.66. The van der Waals surface area contributed by atoms with Crippen LogP contribution in [0.4, 0.5) is 5.69 Å². The second-order valence-electron chi connectivity index (χ2n) is 5.94. The van der Waals surface area contributed by atoms with E-state index in [0.29, 0.717) is 22.9 Å². The van der Waals surface area contributed by atoms with Crippen LogP contribution in [0.5, 0.6) is 17.2 Å². The molecule has 0 saturated carbocycles. The molecule has 0 unspecified atom stereocenters. The number of amides is 1. The zero-order valence-electron chi connectivity index (χ0n) is 16.3. The molecule has 0 aliphatic carbocycles. The third-order valence-corrected chi connectivity index (χ3v) is 5.11. The predicted octanol–water partition coefficient (Wildman–Crippen LogP) is 1.79. The van der Waals surface area contributed by atoms with Crippen molar-refractivity contribution >= 4 is 21.6 Å². The van der Waals surface area contributed by atoms with Gasteiger partial charge in [-0.25, -0.2) is 8.42 Å². The molecule has 152 valence electrons. The summed E-state index contributed by atoms with van der Waals surface area (Å²) in [6.07, 6.45) is 1.05. The molecule has 0 spiro atoms. The van der Waals surface area contributed by atoms with Gasteiger partial charge in [-0.15, -0.1) is 0 Å². The van der Waals surface area contributed by atoms with Crippen LogP contribution in [0.1, 0.15) is 5.56 Å². The van der Waals surface area contributed by atoms with E-state index >= 15 is 0 Å². The lowest BCUT2D eigenvalue weighted by molar-refractivity contribution is -0.119. The van der Waals surface area contributed by atoms with E-state index in [-0.39, 0.29) is 13.1 Å². The Labute approximate surface area is 165 Å². The summed E-state index contributed by atoms with van der Waals surface area (Å²) in [5.74, 6) is 1.18. The number of nitrogens with zero attached hydrogens (tertiary/aromatic N) is 1. The Morgan fingerprint density at radius 2 is 1.71 bits per heavy atom. The number of methoxy groups -OCH3 is 3. The number of rotatable bonds is 9. The molecule has 0 atom stereocenters. The molecule has 2 aromatic carbocycles. The molecule has 9 heteroatoms. The number of hydrogen-bond acceptors (Lipinski definition) is 6. The second-order valence-corrected chi connectivity index (χ2v) is 7.84. The van der Waals surface area contributed by atoms with Crippen molar-refractivity contribution in [3.63, 3.8) is 0 Å². The quantitative estimate of drug-likeness (QED) is 0.680. The van der Waals surface area contributed by atoms with E-state index in [1.807, 2.05) is 0 Å². The number of carbonyl (C=O) groups is 1. The Balaban J connectivity index is 2.10. The number of ether oxygens (including phenoxy) is 3. The molecular weight excluding hydrogens is 384 g/mol. The van der Waals surface area contributed by atoms with Gasteiger partial charge >= 0.3 is 0 Å². The Kier molecular flexibility index (Phi) is 7.11. The fourth-order valence-corrected chi connectivity index (χ4v) is 3.39. The topological polar surface area (TPSA) is 94.2 Å². The molecular formula is C19H24N2O6S. The molecule has 0 aromatic heterocycles. The smallest absolute Gasteiger partial charge is 0.241 e. The minimum Gasteiger partial charge on any atom is -0.497 e. The van der Waals surface area contributed by atoms with E-state index in [9.17, 15) is 13.2 Å². The van der Waals surface area contributed by atoms with E-state index in [2.05, 4.69) is 5.32 Å². The van der Waals surface area contributed by atoms with Gasteiger partial charge in [0.15, 0.2) is 11.5 Å². The minimum absolute atomic E-state index is 0.217. The fourth-order valence-electron chi connectivity index (χ4n) is 2.54. The van der Waals surface area contributed by atoms with Gasteiger partial charge in [-0.2, -0.15) is 0 Å². The van der Waals surface area contributed by atoms with Crippen LogP contribution in [-0.4, -0.2) is 48.5 Å². The van der Waals surface area contributed by atoms with Gasteiger partial charge in [-0.1, -0.05) is 12.1 Å². The van der Waals surface area contributed by atoms with Crippen molar-refractivity contribution < 1.29 is 27.4 Å². The van der Waals surface area contributed by atoms with Gasteiger partial charge in [0, 0.05) is 12.6 Å². The number of carbonyl (C=O) groups excluding carboxylic acids is 1. The van der Waals surface area contributed by atoms with Gasteiger partial charge in [0.05, 0.1) is 33.3 Å². The average molecular weight is 408 g/mol. The first kappa shape index (κ1) is 21.4. The highest BCUT2D eigenvalue weighted by Gasteiger charge is 2.21. The third kappa shape index (κ3) is 5.53. The number of nitrogens with one attached hydrogen (secondary N) is 1. The van der Waals surface area contributed by atoms with Gasteiger partial charge in [-0.05, 0) is 29.8 Å². The van der Waals surface area contributed by atoms with Crippen molar-refractivity contribution in [1.29, 1.82) is 0 Å². The molecule has 28 heavy (non-hydrogen) atoms. The number of sulfonamides is 1. The van der Waals surface area contributed by atoms with Crippen LogP contribution in [-0.2, 0) is 21.4 Å². The maximum Gasteiger partial charge on any atom is 0.241 e. The normalized spacial score (nSPS) is 10.9. The van der Waals surface area contributed by atoms with E-state index in [0.717, 1.165) is 16.1 Å². The highest BCUT2D eigenvalue weighted by molar-refractivity contribution is 7.92. The van der Waals surface area contributed by atoms with Gasteiger partial charge < -0.3 is 19.5 Å². The van der Waals surface area contributed by atoms with Gasteiger partial charge in [0.2, 0.25) is 15.9 Å². The Hall–Kier alpha value is -2.94. The molecule has 0 heterocycles. The number of anilines is 1. The first-order valence-electron chi connectivity index (χ1n) is 8.38.